The highest BCUT2D eigenvalue weighted by Gasteiger charge is 2.07. The Morgan fingerprint density at radius 3 is 2.74 bits per heavy atom. The zero-order valence-electron chi connectivity index (χ0n) is 12.2. The molecule has 0 unspecified atom stereocenters. The molecule has 4 nitrogen and oxygen atoms in total. The molecule has 0 aliphatic rings. The van der Waals surface area contributed by atoms with E-state index in [-0.39, 0.29) is 11.7 Å². The number of carbonyl (C=O) groups excluding carboxylic acids is 1. The number of amides is 1. The number of carbonyl (C=O) groups is 1. The molecule has 23 heavy (non-hydrogen) atoms. The topological polar surface area (TPSA) is 55.1 Å². The second-order valence-corrected chi connectivity index (χ2v) is 5.75. The second kappa shape index (κ2) is 6.58. The van der Waals surface area contributed by atoms with Crippen LogP contribution in [0.1, 0.15) is 20.4 Å². The van der Waals surface area contributed by atoms with Crippen LogP contribution in [-0.4, -0.2) is 17.9 Å². The summed E-state index contributed by atoms with van der Waals surface area (Å²) in [6, 6.07) is 9.76. The third-order valence-electron chi connectivity index (χ3n) is 3.12. The number of furan rings is 1. The molecular formula is C17H13FN2O2S. The van der Waals surface area contributed by atoms with E-state index in [1.54, 1.807) is 31.3 Å². The quantitative estimate of drug-likeness (QED) is 0.785. The number of nitrogens with one attached hydrogen (secondary N) is 1. The van der Waals surface area contributed by atoms with E-state index >= 15 is 0 Å². The Morgan fingerprint density at radius 2 is 2.00 bits per heavy atom. The van der Waals surface area contributed by atoms with E-state index in [0.29, 0.717) is 21.4 Å². The zero-order valence-corrected chi connectivity index (χ0v) is 13.1. The fourth-order valence-corrected chi connectivity index (χ4v) is 2.72. The highest BCUT2D eigenvalue weighted by atomic mass is 32.1. The minimum Gasteiger partial charge on any atom is -0.457 e. The van der Waals surface area contributed by atoms with Gasteiger partial charge < -0.3 is 9.73 Å². The Morgan fingerprint density at radius 1 is 1.22 bits per heavy atom. The molecular weight excluding hydrogens is 315 g/mol. The molecule has 0 fully saturated rings. The Labute approximate surface area is 136 Å². The third kappa shape index (κ3) is 3.54. The van der Waals surface area contributed by atoms with Gasteiger partial charge in [0, 0.05) is 12.6 Å². The van der Waals surface area contributed by atoms with Crippen LogP contribution in [0.25, 0.3) is 23.5 Å². The van der Waals surface area contributed by atoms with E-state index in [1.165, 1.54) is 29.7 Å². The third-order valence-corrected chi connectivity index (χ3v) is 4.08. The van der Waals surface area contributed by atoms with E-state index in [1.807, 2.05) is 12.1 Å². The summed E-state index contributed by atoms with van der Waals surface area (Å²) < 4.78 is 18.6. The molecule has 0 bridgehead atoms. The average molecular weight is 328 g/mol. The molecule has 0 atom stereocenters. The van der Waals surface area contributed by atoms with Crippen LogP contribution < -0.4 is 5.32 Å². The van der Waals surface area contributed by atoms with Crippen LogP contribution in [0.3, 0.4) is 0 Å². The SMILES string of the molecule is CNC(=O)c1cnc(/C=C/c2ccc(-c3ccc(F)cc3)o2)s1. The smallest absolute Gasteiger partial charge is 0.262 e. The van der Waals surface area contributed by atoms with Gasteiger partial charge in [-0.05, 0) is 48.6 Å². The number of aromatic nitrogens is 1. The maximum Gasteiger partial charge on any atom is 0.262 e. The predicted octanol–water partition coefficient (Wildman–Crippen LogP) is 4.07. The van der Waals surface area contributed by atoms with Crippen LogP contribution in [0, 0.1) is 5.82 Å². The first-order valence-electron chi connectivity index (χ1n) is 6.87. The molecule has 1 N–H and O–H groups in total. The minimum atomic E-state index is -0.281. The Balaban J connectivity index is 1.74. The van der Waals surface area contributed by atoms with Crippen molar-refractivity contribution < 1.29 is 13.6 Å². The van der Waals surface area contributed by atoms with Crippen LogP contribution in [-0.2, 0) is 0 Å². The minimum absolute atomic E-state index is 0.154. The van der Waals surface area contributed by atoms with Crippen LogP contribution in [0.4, 0.5) is 4.39 Å². The van der Waals surface area contributed by atoms with E-state index < -0.39 is 0 Å². The first kappa shape index (κ1) is 15.2. The van der Waals surface area contributed by atoms with Crippen molar-refractivity contribution in [1.82, 2.24) is 10.3 Å². The summed E-state index contributed by atoms with van der Waals surface area (Å²) >= 11 is 1.30. The van der Waals surface area contributed by atoms with Crippen LogP contribution >= 0.6 is 11.3 Å². The summed E-state index contributed by atoms with van der Waals surface area (Å²) in [5.41, 5.74) is 0.808. The van der Waals surface area contributed by atoms with Gasteiger partial charge in [0.15, 0.2) is 0 Å². The van der Waals surface area contributed by atoms with Gasteiger partial charge in [-0.25, -0.2) is 9.37 Å². The number of hydrogen-bond donors (Lipinski definition) is 1. The number of rotatable bonds is 4. The predicted molar refractivity (Wildman–Crippen MR) is 88.5 cm³/mol. The van der Waals surface area contributed by atoms with Crippen molar-refractivity contribution in [3.8, 4) is 11.3 Å². The average Bonchev–Trinajstić information content (AvgIpc) is 3.22. The van der Waals surface area contributed by atoms with E-state index in [2.05, 4.69) is 10.3 Å². The molecule has 3 rings (SSSR count). The van der Waals surface area contributed by atoms with Crippen molar-refractivity contribution in [3.05, 3.63) is 64.1 Å². The molecule has 0 aliphatic carbocycles. The van der Waals surface area contributed by atoms with Crippen molar-refractivity contribution >= 4 is 29.4 Å². The van der Waals surface area contributed by atoms with Crippen LogP contribution in [0.5, 0.6) is 0 Å². The van der Waals surface area contributed by atoms with Gasteiger partial charge in [0.2, 0.25) is 0 Å². The summed E-state index contributed by atoms with van der Waals surface area (Å²) in [5.74, 6) is 0.880. The van der Waals surface area contributed by atoms with Gasteiger partial charge in [0.05, 0.1) is 6.20 Å². The fraction of sp³-hybridized carbons (Fsp3) is 0.0588. The number of thiazole rings is 1. The molecule has 0 aliphatic heterocycles. The first-order chi connectivity index (χ1) is 11.2. The summed E-state index contributed by atoms with van der Waals surface area (Å²) in [4.78, 5) is 16.2. The number of benzene rings is 1. The molecule has 0 radical (unpaired) electrons. The van der Waals surface area contributed by atoms with Gasteiger partial charge in [-0.15, -0.1) is 11.3 Å². The fourth-order valence-electron chi connectivity index (χ4n) is 1.96. The van der Waals surface area contributed by atoms with E-state index in [9.17, 15) is 9.18 Å². The summed E-state index contributed by atoms with van der Waals surface area (Å²) in [5, 5.41) is 3.27. The number of hydrogen-bond acceptors (Lipinski definition) is 4. The van der Waals surface area contributed by atoms with Crippen molar-refractivity contribution in [2.24, 2.45) is 0 Å². The standard InChI is InChI=1S/C17H13FN2O2S/c1-19-17(21)15-10-20-16(23-15)9-7-13-6-8-14(22-13)11-2-4-12(18)5-3-11/h2-10H,1H3,(H,19,21)/b9-7+. The lowest BCUT2D eigenvalue weighted by Crippen LogP contribution is -2.16. The van der Waals surface area contributed by atoms with Gasteiger partial charge >= 0.3 is 0 Å². The summed E-state index contributed by atoms with van der Waals surface area (Å²) in [6.45, 7) is 0. The normalized spacial score (nSPS) is 11.0. The number of nitrogens with zero attached hydrogens (tertiary/aromatic N) is 1. The lowest BCUT2D eigenvalue weighted by Gasteiger charge is -1.95. The Kier molecular flexibility index (Phi) is 4.34. The maximum atomic E-state index is 12.9. The van der Waals surface area contributed by atoms with Gasteiger partial charge in [-0.1, -0.05) is 0 Å². The molecule has 1 amide bonds. The van der Waals surface area contributed by atoms with Gasteiger partial charge in [0.25, 0.3) is 5.91 Å². The van der Waals surface area contributed by atoms with Crippen molar-refractivity contribution in [1.29, 1.82) is 0 Å². The lowest BCUT2D eigenvalue weighted by molar-refractivity contribution is 0.0967. The van der Waals surface area contributed by atoms with Gasteiger partial charge in [-0.2, -0.15) is 0 Å². The van der Waals surface area contributed by atoms with Crippen molar-refractivity contribution in [3.63, 3.8) is 0 Å². The first-order valence-corrected chi connectivity index (χ1v) is 7.69. The number of halogens is 1. The van der Waals surface area contributed by atoms with Crippen LogP contribution in [0.15, 0.2) is 47.0 Å². The molecule has 0 saturated heterocycles. The lowest BCUT2D eigenvalue weighted by atomic mass is 10.2. The maximum absolute atomic E-state index is 12.9. The van der Waals surface area contributed by atoms with Gasteiger partial charge in [0.1, 0.15) is 27.2 Å². The molecule has 2 heterocycles. The van der Waals surface area contributed by atoms with Crippen LogP contribution in [0.2, 0.25) is 0 Å². The molecule has 0 spiro atoms. The van der Waals surface area contributed by atoms with Crippen molar-refractivity contribution in [2.45, 2.75) is 0 Å². The Bertz CT molecular complexity index is 850. The van der Waals surface area contributed by atoms with E-state index in [4.69, 9.17) is 4.42 Å². The molecule has 2 aromatic heterocycles. The monoisotopic (exact) mass is 328 g/mol. The van der Waals surface area contributed by atoms with Crippen molar-refractivity contribution in [2.75, 3.05) is 7.05 Å². The molecule has 1 aromatic carbocycles. The second-order valence-electron chi connectivity index (χ2n) is 4.68. The highest BCUT2D eigenvalue weighted by molar-refractivity contribution is 7.14. The van der Waals surface area contributed by atoms with E-state index in [0.717, 1.165) is 5.56 Å². The largest absolute Gasteiger partial charge is 0.457 e. The Hall–Kier alpha value is -2.73. The molecule has 116 valence electrons. The zero-order chi connectivity index (χ0) is 16.2. The highest BCUT2D eigenvalue weighted by Crippen LogP contribution is 2.24. The molecule has 3 aromatic rings. The molecule has 6 heteroatoms. The summed E-state index contributed by atoms with van der Waals surface area (Å²) in [6.07, 6.45) is 5.10. The van der Waals surface area contributed by atoms with Gasteiger partial charge in [-0.3, -0.25) is 4.79 Å². The molecule has 0 saturated carbocycles. The summed E-state index contributed by atoms with van der Waals surface area (Å²) in [7, 11) is 1.58.